The number of rotatable bonds is 5. The maximum absolute atomic E-state index is 12.5. The molecule has 1 aliphatic rings. The molecule has 0 bridgehead atoms. The summed E-state index contributed by atoms with van der Waals surface area (Å²) in [4.78, 5) is 13.1. The first kappa shape index (κ1) is 16.7. The van der Waals surface area contributed by atoms with Gasteiger partial charge in [0.1, 0.15) is 6.61 Å². The Morgan fingerprint density at radius 2 is 1.77 bits per heavy atom. The second-order valence-electron chi connectivity index (χ2n) is 5.15. The van der Waals surface area contributed by atoms with Crippen LogP contribution in [0.5, 0.6) is 0 Å². The monoisotopic (exact) mass is 327 g/mol. The fourth-order valence-corrected chi connectivity index (χ4v) is 3.72. The molecule has 1 aromatic carbocycles. The summed E-state index contributed by atoms with van der Waals surface area (Å²) in [5.41, 5.74) is 6.12. The van der Waals surface area contributed by atoms with Crippen LogP contribution >= 0.6 is 0 Å². The van der Waals surface area contributed by atoms with Gasteiger partial charge in [-0.25, -0.2) is 8.42 Å². The second-order valence-corrected chi connectivity index (χ2v) is 7.09. The Morgan fingerprint density at radius 3 is 2.32 bits per heavy atom. The van der Waals surface area contributed by atoms with Gasteiger partial charge in [0.2, 0.25) is 10.0 Å². The van der Waals surface area contributed by atoms with Crippen molar-refractivity contribution in [3.63, 3.8) is 0 Å². The Bertz CT molecular complexity index is 607. The standard InChI is InChI=1S/C14H21N3O4S/c1-12(18)21-11-10-16-6-8-17(9-7-16)22(19,20)14-4-2-13(15)3-5-14/h2-5H,6-11,15H2,1H3. The van der Waals surface area contributed by atoms with Crippen LogP contribution in [0, 0.1) is 0 Å². The molecule has 7 nitrogen and oxygen atoms in total. The molecule has 0 aromatic heterocycles. The van der Waals surface area contributed by atoms with Crippen molar-refractivity contribution in [1.29, 1.82) is 0 Å². The van der Waals surface area contributed by atoms with E-state index >= 15 is 0 Å². The van der Waals surface area contributed by atoms with Crippen LogP contribution in [0.1, 0.15) is 6.92 Å². The Kier molecular flexibility index (Phi) is 5.38. The third kappa shape index (κ3) is 4.19. The molecule has 1 fully saturated rings. The zero-order chi connectivity index (χ0) is 16.2. The minimum atomic E-state index is -3.47. The largest absolute Gasteiger partial charge is 0.465 e. The van der Waals surface area contributed by atoms with Crippen molar-refractivity contribution < 1.29 is 17.9 Å². The molecule has 0 aliphatic carbocycles. The van der Waals surface area contributed by atoms with Crippen LogP contribution in [0.4, 0.5) is 5.69 Å². The fraction of sp³-hybridized carbons (Fsp3) is 0.500. The second kappa shape index (κ2) is 7.08. The molecule has 1 saturated heterocycles. The van der Waals surface area contributed by atoms with Crippen molar-refractivity contribution in [3.05, 3.63) is 24.3 Å². The van der Waals surface area contributed by atoms with Crippen LogP contribution in [0.25, 0.3) is 0 Å². The zero-order valence-electron chi connectivity index (χ0n) is 12.6. The van der Waals surface area contributed by atoms with Gasteiger partial charge in [0.05, 0.1) is 4.90 Å². The van der Waals surface area contributed by atoms with Gasteiger partial charge in [-0.05, 0) is 24.3 Å². The molecule has 122 valence electrons. The van der Waals surface area contributed by atoms with E-state index in [0.717, 1.165) is 0 Å². The molecule has 0 unspecified atom stereocenters. The molecular weight excluding hydrogens is 306 g/mol. The average molecular weight is 327 g/mol. The Hall–Kier alpha value is -1.64. The number of ether oxygens (including phenoxy) is 1. The first-order chi connectivity index (χ1) is 10.4. The number of carbonyl (C=O) groups excluding carboxylic acids is 1. The van der Waals surface area contributed by atoms with Gasteiger partial charge in [-0.2, -0.15) is 4.31 Å². The predicted molar refractivity (Wildman–Crippen MR) is 82.7 cm³/mol. The van der Waals surface area contributed by atoms with Crippen LogP contribution in [0.2, 0.25) is 0 Å². The lowest BCUT2D eigenvalue weighted by Crippen LogP contribution is -2.49. The topological polar surface area (TPSA) is 92.9 Å². The number of piperazine rings is 1. The van der Waals surface area contributed by atoms with Crippen LogP contribution < -0.4 is 5.73 Å². The van der Waals surface area contributed by atoms with E-state index in [9.17, 15) is 13.2 Å². The maximum Gasteiger partial charge on any atom is 0.302 e. The van der Waals surface area contributed by atoms with Gasteiger partial charge < -0.3 is 10.5 Å². The van der Waals surface area contributed by atoms with Gasteiger partial charge in [0.25, 0.3) is 0 Å². The first-order valence-corrected chi connectivity index (χ1v) is 8.55. The van der Waals surface area contributed by atoms with Crippen LogP contribution in [0.15, 0.2) is 29.2 Å². The van der Waals surface area contributed by atoms with Gasteiger partial charge in [0, 0.05) is 45.3 Å². The number of anilines is 1. The fourth-order valence-electron chi connectivity index (χ4n) is 2.30. The maximum atomic E-state index is 12.5. The molecule has 0 radical (unpaired) electrons. The van der Waals surface area contributed by atoms with Crippen molar-refractivity contribution in [2.24, 2.45) is 0 Å². The molecule has 1 aliphatic heterocycles. The molecule has 1 aromatic rings. The third-order valence-corrected chi connectivity index (χ3v) is 5.47. The molecular formula is C14H21N3O4S. The Balaban J connectivity index is 1.90. The highest BCUT2D eigenvalue weighted by Gasteiger charge is 2.28. The molecule has 0 spiro atoms. The van der Waals surface area contributed by atoms with Crippen LogP contribution in [-0.4, -0.2) is 62.9 Å². The van der Waals surface area contributed by atoms with E-state index < -0.39 is 10.0 Å². The predicted octanol–water partition coefficient (Wildman–Crippen LogP) is 0.138. The minimum absolute atomic E-state index is 0.259. The van der Waals surface area contributed by atoms with Crippen LogP contribution in [-0.2, 0) is 19.6 Å². The minimum Gasteiger partial charge on any atom is -0.465 e. The SMILES string of the molecule is CC(=O)OCCN1CCN(S(=O)(=O)c2ccc(N)cc2)CC1. The van der Waals surface area contributed by atoms with Crippen molar-refractivity contribution >= 4 is 21.7 Å². The van der Waals surface area contributed by atoms with Gasteiger partial charge in [-0.15, -0.1) is 0 Å². The molecule has 2 N–H and O–H groups in total. The van der Waals surface area contributed by atoms with Crippen molar-refractivity contribution in [2.75, 3.05) is 45.1 Å². The third-order valence-electron chi connectivity index (χ3n) is 3.56. The number of sulfonamides is 1. The zero-order valence-corrected chi connectivity index (χ0v) is 13.4. The van der Waals surface area contributed by atoms with E-state index in [1.54, 1.807) is 12.1 Å². The van der Waals surface area contributed by atoms with E-state index in [2.05, 4.69) is 4.90 Å². The average Bonchev–Trinajstić information content (AvgIpc) is 2.48. The van der Waals surface area contributed by atoms with Crippen molar-refractivity contribution in [3.8, 4) is 0 Å². The highest BCUT2D eigenvalue weighted by atomic mass is 32.2. The van der Waals surface area contributed by atoms with Crippen molar-refractivity contribution in [1.82, 2.24) is 9.21 Å². The van der Waals surface area contributed by atoms with E-state index in [0.29, 0.717) is 45.0 Å². The van der Waals surface area contributed by atoms with E-state index in [1.165, 1.54) is 23.4 Å². The molecule has 22 heavy (non-hydrogen) atoms. The molecule has 0 amide bonds. The van der Waals surface area contributed by atoms with Gasteiger partial charge in [-0.3, -0.25) is 9.69 Å². The van der Waals surface area contributed by atoms with E-state index in [4.69, 9.17) is 10.5 Å². The molecule has 8 heteroatoms. The summed E-state index contributed by atoms with van der Waals surface area (Å²) in [6.07, 6.45) is 0. The Morgan fingerprint density at radius 1 is 1.18 bits per heavy atom. The number of benzene rings is 1. The summed E-state index contributed by atoms with van der Waals surface area (Å²) < 4.78 is 31.4. The number of carbonyl (C=O) groups is 1. The summed E-state index contributed by atoms with van der Waals surface area (Å²) in [7, 11) is -3.47. The Labute approximate surface area is 130 Å². The quantitative estimate of drug-likeness (QED) is 0.611. The summed E-state index contributed by atoms with van der Waals surface area (Å²) in [6.45, 7) is 4.41. The highest BCUT2D eigenvalue weighted by molar-refractivity contribution is 7.89. The normalized spacial score (nSPS) is 17.3. The number of hydrogen-bond donors (Lipinski definition) is 1. The van der Waals surface area contributed by atoms with E-state index in [1.807, 2.05) is 0 Å². The summed E-state index contributed by atoms with van der Waals surface area (Å²) in [5.74, 6) is -0.301. The summed E-state index contributed by atoms with van der Waals surface area (Å²) >= 11 is 0. The molecule has 1 heterocycles. The first-order valence-electron chi connectivity index (χ1n) is 7.11. The summed E-state index contributed by atoms with van der Waals surface area (Å²) in [6, 6.07) is 6.22. The smallest absolute Gasteiger partial charge is 0.302 e. The number of nitrogens with zero attached hydrogens (tertiary/aromatic N) is 2. The van der Waals surface area contributed by atoms with Crippen LogP contribution in [0.3, 0.4) is 0 Å². The number of esters is 1. The molecule has 2 rings (SSSR count). The highest BCUT2D eigenvalue weighted by Crippen LogP contribution is 2.18. The lowest BCUT2D eigenvalue weighted by atomic mass is 10.3. The molecule has 0 atom stereocenters. The van der Waals surface area contributed by atoms with Gasteiger partial charge in [0.15, 0.2) is 0 Å². The van der Waals surface area contributed by atoms with Crippen molar-refractivity contribution in [2.45, 2.75) is 11.8 Å². The number of nitrogens with two attached hydrogens (primary N) is 1. The lowest BCUT2D eigenvalue weighted by molar-refractivity contribution is -0.141. The lowest BCUT2D eigenvalue weighted by Gasteiger charge is -2.33. The summed E-state index contributed by atoms with van der Waals surface area (Å²) in [5, 5.41) is 0. The van der Waals surface area contributed by atoms with E-state index in [-0.39, 0.29) is 10.9 Å². The van der Waals surface area contributed by atoms with Gasteiger partial charge in [-0.1, -0.05) is 0 Å². The van der Waals surface area contributed by atoms with Gasteiger partial charge >= 0.3 is 5.97 Å². The molecule has 0 saturated carbocycles. The number of nitrogen functional groups attached to an aromatic ring is 1. The number of hydrogen-bond acceptors (Lipinski definition) is 6.